The molecular weight excluding hydrogens is 1270 g/mol. The largest absolute Gasteiger partial charge is 0.457 e. The number of para-hydroxylation sites is 2. The predicted molar refractivity (Wildman–Crippen MR) is 388 cm³/mol. The Hall–Kier alpha value is -12.7. The van der Waals surface area contributed by atoms with Gasteiger partial charge in [-0.05, 0) is 234 Å². The average Bonchev–Trinajstić information content (AvgIpc) is 1.54. The Balaban J connectivity index is 0.785. The molecule has 0 saturated carbocycles. The number of nitrogens with zero attached hydrogens (tertiary/aromatic N) is 2. The van der Waals surface area contributed by atoms with E-state index in [1.165, 1.54) is 53.4 Å². The van der Waals surface area contributed by atoms with Crippen LogP contribution in [0.3, 0.4) is 0 Å². The first-order valence-electron chi connectivity index (χ1n) is 32.8. The normalized spacial score (nSPS) is 15.0. The van der Waals surface area contributed by atoms with Crippen LogP contribution in [0, 0.1) is 40.7 Å². The molecular formula is C90H55F7N2O2. The Morgan fingerprint density at radius 1 is 0.307 bits per heavy atom. The second kappa shape index (κ2) is 24.4. The summed E-state index contributed by atoms with van der Waals surface area (Å²) in [6, 6.07) is 85.3. The maximum absolute atomic E-state index is 17.7. The summed E-state index contributed by atoms with van der Waals surface area (Å²) in [6.45, 7) is 7.74. The van der Waals surface area contributed by atoms with E-state index >= 15 is 30.7 Å². The molecule has 4 nitrogen and oxygen atoms in total. The van der Waals surface area contributed by atoms with Gasteiger partial charge >= 0.3 is 0 Å². The molecule has 0 fully saturated rings. The molecule has 0 radical (unpaired) electrons. The number of hydrogen-bond donors (Lipinski definition) is 0. The summed E-state index contributed by atoms with van der Waals surface area (Å²) in [5, 5.41) is 0. The molecule has 2 bridgehead atoms. The summed E-state index contributed by atoms with van der Waals surface area (Å²) in [7, 11) is 0. The van der Waals surface area contributed by atoms with Crippen LogP contribution in [-0.2, 0) is 10.8 Å². The highest BCUT2D eigenvalue weighted by Gasteiger charge is 2.50. The first kappa shape index (κ1) is 61.8. The molecule has 0 amide bonds. The topological polar surface area (TPSA) is 24.9 Å². The molecule has 0 saturated heterocycles. The Morgan fingerprint density at radius 3 is 1.33 bits per heavy atom. The van der Waals surface area contributed by atoms with Gasteiger partial charge in [-0.3, -0.25) is 0 Å². The van der Waals surface area contributed by atoms with Crippen LogP contribution in [0.1, 0.15) is 55.6 Å². The van der Waals surface area contributed by atoms with E-state index in [0.29, 0.717) is 79.1 Å². The predicted octanol–water partition coefficient (Wildman–Crippen LogP) is 24.8. The van der Waals surface area contributed by atoms with Gasteiger partial charge in [0.25, 0.3) is 0 Å². The first-order chi connectivity index (χ1) is 49.3. The lowest BCUT2D eigenvalue weighted by Gasteiger charge is -2.35. The van der Waals surface area contributed by atoms with Crippen molar-refractivity contribution in [2.45, 2.75) is 10.8 Å². The van der Waals surface area contributed by atoms with Gasteiger partial charge in [-0.2, -0.15) is 0 Å². The number of ether oxygens (including phenoxy) is 2. The molecule has 1 heterocycles. The molecule has 0 spiro atoms. The van der Waals surface area contributed by atoms with Gasteiger partial charge in [0.15, 0.2) is 0 Å². The van der Waals surface area contributed by atoms with Crippen molar-refractivity contribution in [2.24, 2.45) is 0 Å². The lowest BCUT2D eigenvalue weighted by atomic mass is 9.66. The summed E-state index contributed by atoms with van der Waals surface area (Å²) in [5.74, 6) is -3.23. The standard InChI is InChI=1S/C90H55F7N2O2/c1-3-54-19-35-69(36-20-54)100-71-39-27-58(28-40-71)89(59-45-61(91)49-62(92)46-59)79-14-7-5-11-73(79)75-42-34-68(51-82(75)89)99(88-85(96)17-10-18-86(88)97)66-31-25-57(26-32-66)56-23-29-65(30-24-56)98-67-33-43-76-74-12-6-8-15-80(74)90(83(76)52-67,60-47-63(93)50-64(94)48-60)81-44-41-72(101-70-37-21-55(4-2)22-38-70)53-78(81)77-13-9-16-84(95)87(77)98/h3-53H,1-2H2. The lowest BCUT2D eigenvalue weighted by Crippen LogP contribution is -2.29. The lowest BCUT2D eigenvalue weighted by molar-refractivity contribution is 0.482. The van der Waals surface area contributed by atoms with Crippen molar-refractivity contribution in [1.82, 2.24) is 0 Å². The second-order valence-electron chi connectivity index (χ2n) is 25.3. The minimum atomic E-state index is -1.38. The van der Waals surface area contributed by atoms with Gasteiger partial charge < -0.3 is 19.3 Å². The second-order valence-corrected chi connectivity index (χ2v) is 25.3. The number of fused-ring (bicyclic) bond motifs is 11. The molecule has 11 heteroatoms. The van der Waals surface area contributed by atoms with Crippen molar-refractivity contribution in [2.75, 3.05) is 9.80 Å². The van der Waals surface area contributed by atoms with Crippen molar-refractivity contribution in [1.29, 1.82) is 0 Å². The van der Waals surface area contributed by atoms with Crippen molar-refractivity contribution in [3.05, 3.63) is 407 Å². The molecule has 14 aromatic rings. The zero-order valence-electron chi connectivity index (χ0n) is 53.7. The number of hydrogen-bond acceptors (Lipinski definition) is 4. The van der Waals surface area contributed by atoms with Crippen molar-refractivity contribution < 1.29 is 40.2 Å². The molecule has 2 atom stereocenters. The third kappa shape index (κ3) is 10.1. The molecule has 0 aromatic heterocycles. The Labute approximate surface area is 578 Å². The van der Waals surface area contributed by atoms with Crippen LogP contribution in [0.4, 0.5) is 64.9 Å². The Bertz CT molecular complexity index is 5620. The van der Waals surface area contributed by atoms with E-state index in [9.17, 15) is 0 Å². The minimum absolute atomic E-state index is 0.206. The number of anilines is 6. The van der Waals surface area contributed by atoms with Crippen LogP contribution in [0.15, 0.2) is 310 Å². The molecule has 486 valence electrons. The van der Waals surface area contributed by atoms with Crippen molar-refractivity contribution in [3.8, 4) is 67.5 Å². The summed E-state index contributed by atoms with van der Waals surface area (Å²) in [5.41, 5.74) is 11.3. The molecule has 2 unspecified atom stereocenters. The summed E-state index contributed by atoms with van der Waals surface area (Å²) in [4.78, 5) is 3.36. The van der Waals surface area contributed by atoms with Crippen LogP contribution >= 0.6 is 0 Å². The van der Waals surface area contributed by atoms with Crippen molar-refractivity contribution >= 4 is 46.3 Å². The van der Waals surface area contributed by atoms with Crippen LogP contribution in [0.25, 0.3) is 56.7 Å². The first-order valence-corrected chi connectivity index (χ1v) is 32.8. The fourth-order valence-corrected chi connectivity index (χ4v) is 15.5. The highest BCUT2D eigenvalue weighted by Crippen LogP contribution is 2.62. The van der Waals surface area contributed by atoms with Gasteiger partial charge in [-0.25, -0.2) is 30.7 Å². The van der Waals surface area contributed by atoms with Gasteiger partial charge in [0.2, 0.25) is 0 Å². The van der Waals surface area contributed by atoms with E-state index in [4.69, 9.17) is 9.47 Å². The van der Waals surface area contributed by atoms with E-state index in [-0.39, 0.29) is 16.9 Å². The fraction of sp³-hybridized carbons (Fsp3) is 0.0222. The minimum Gasteiger partial charge on any atom is -0.457 e. The van der Waals surface area contributed by atoms with E-state index in [1.54, 1.807) is 48.6 Å². The average molecular weight is 1330 g/mol. The SMILES string of the molecule is C=Cc1ccc(Oc2ccc(C3(c4cc(F)cc(F)c4)c4ccccc4-c4ccc(N(c5ccc(-c6ccc(N7c8ccc9c(c8)C(c8cc(F)cc(F)c8)(c8ccccc8-9)c8ccc(Oc9ccc(C=C)cc9)cc8-c8cccc(F)c87)cc6)cc5)c5c(F)cccc5F)cc43)cc2)cc1. The van der Waals surface area contributed by atoms with Gasteiger partial charge in [0, 0.05) is 40.4 Å². The number of rotatable bonds is 14. The molecule has 3 aliphatic rings. The fourth-order valence-electron chi connectivity index (χ4n) is 15.5. The maximum atomic E-state index is 17.7. The summed E-state index contributed by atoms with van der Waals surface area (Å²) in [6.07, 6.45) is 3.48. The van der Waals surface area contributed by atoms with Gasteiger partial charge in [0.1, 0.15) is 69.4 Å². The summed E-state index contributed by atoms with van der Waals surface area (Å²) < 4.78 is 128. The van der Waals surface area contributed by atoms with Crippen LogP contribution in [0.5, 0.6) is 23.0 Å². The van der Waals surface area contributed by atoms with E-state index in [0.717, 1.165) is 73.3 Å². The van der Waals surface area contributed by atoms with Gasteiger partial charge in [0.05, 0.1) is 16.5 Å². The zero-order chi connectivity index (χ0) is 68.8. The number of halogens is 7. The Kier molecular flexibility index (Phi) is 14.9. The molecule has 17 rings (SSSR count). The molecule has 2 aliphatic carbocycles. The van der Waals surface area contributed by atoms with Crippen LogP contribution < -0.4 is 19.3 Å². The highest BCUT2D eigenvalue weighted by molar-refractivity contribution is 5.98. The smallest absolute Gasteiger partial charge is 0.150 e. The summed E-state index contributed by atoms with van der Waals surface area (Å²) >= 11 is 0. The Morgan fingerprint density at radius 2 is 0.743 bits per heavy atom. The van der Waals surface area contributed by atoms with E-state index in [2.05, 4.69) is 13.2 Å². The zero-order valence-corrected chi connectivity index (χ0v) is 53.7. The van der Waals surface area contributed by atoms with Crippen LogP contribution in [0.2, 0.25) is 0 Å². The van der Waals surface area contributed by atoms with E-state index < -0.39 is 51.6 Å². The molecule has 1 aliphatic heterocycles. The molecule has 0 N–H and O–H groups in total. The van der Waals surface area contributed by atoms with Crippen molar-refractivity contribution in [3.63, 3.8) is 0 Å². The molecule has 14 aromatic carbocycles. The maximum Gasteiger partial charge on any atom is 0.150 e. The third-order valence-electron chi connectivity index (χ3n) is 19.8. The van der Waals surface area contributed by atoms with Gasteiger partial charge in [-0.15, -0.1) is 0 Å². The quantitative estimate of drug-likeness (QED) is 0.101. The number of benzene rings is 14. The van der Waals surface area contributed by atoms with Crippen LogP contribution in [-0.4, -0.2) is 0 Å². The van der Waals surface area contributed by atoms with E-state index in [1.807, 2.05) is 205 Å². The monoisotopic (exact) mass is 1330 g/mol. The molecule has 101 heavy (non-hydrogen) atoms. The third-order valence-corrected chi connectivity index (χ3v) is 19.8. The highest BCUT2D eigenvalue weighted by atomic mass is 19.2. The van der Waals surface area contributed by atoms with Gasteiger partial charge in [-0.1, -0.05) is 171 Å².